The Morgan fingerprint density at radius 1 is 1.61 bits per heavy atom. The van der Waals surface area contributed by atoms with Gasteiger partial charge in [0, 0.05) is 22.8 Å². The summed E-state index contributed by atoms with van der Waals surface area (Å²) >= 11 is 1.70. The van der Waals surface area contributed by atoms with E-state index in [0.717, 1.165) is 29.1 Å². The maximum atomic E-state index is 11.8. The van der Waals surface area contributed by atoms with Crippen molar-refractivity contribution in [3.05, 3.63) is 21.9 Å². The molecule has 0 spiro atoms. The molecule has 2 aliphatic rings. The molecule has 1 aromatic heterocycles. The van der Waals surface area contributed by atoms with E-state index in [1.807, 2.05) is 11.4 Å². The fourth-order valence-corrected chi connectivity index (χ4v) is 3.42. The first-order chi connectivity index (χ1) is 8.65. The molecule has 1 aromatic rings. The second-order valence-corrected chi connectivity index (χ2v) is 5.53. The molecule has 3 rings (SSSR count). The lowest BCUT2D eigenvalue weighted by Crippen LogP contribution is -2.41. The normalized spacial score (nSPS) is 22.2. The van der Waals surface area contributed by atoms with Gasteiger partial charge in [-0.3, -0.25) is 9.59 Å². The molecule has 1 atom stereocenters. The minimum Gasteiger partial charge on any atom is -0.480 e. The van der Waals surface area contributed by atoms with Gasteiger partial charge >= 0.3 is 5.97 Å². The molecule has 1 aliphatic heterocycles. The van der Waals surface area contributed by atoms with Crippen LogP contribution in [0.25, 0.3) is 0 Å². The lowest BCUT2D eigenvalue weighted by Gasteiger charge is -2.31. The second-order valence-electron chi connectivity index (χ2n) is 4.53. The Morgan fingerprint density at radius 2 is 2.44 bits per heavy atom. The number of carbonyl (C=O) groups excluding carboxylic acids is 1. The Balaban J connectivity index is 1.98. The van der Waals surface area contributed by atoms with Crippen LogP contribution in [0.1, 0.15) is 23.3 Å². The fourth-order valence-electron chi connectivity index (χ4n) is 2.51. The second kappa shape index (κ2) is 4.20. The van der Waals surface area contributed by atoms with E-state index in [-0.39, 0.29) is 18.4 Å². The number of aliphatic carboxylic acids is 1. The minimum atomic E-state index is -1.03. The van der Waals surface area contributed by atoms with E-state index < -0.39 is 5.97 Å². The summed E-state index contributed by atoms with van der Waals surface area (Å²) in [6, 6.07) is 2.01. The number of carboxylic acids is 1. The predicted molar refractivity (Wildman–Crippen MR) is 66.6 cm³/mol. The quantitative estimate of drug-likeness (QED) is 0.876. The van der Waals surface area contributed by atoms with Gasteiger partial charge in [0.2, 0.25) is 5.91 Å². The number of amides is 1. The molecule has 18 heavy (non-hydrogen) atoms. The number of carboxylic acid groups (broad SMARTS) is 1. The number of hydrogen-bond acceptors (Lipinski definition) is 4. The van der Waals surface area contributed by atoms with Crippen LogP contribution in [-0.4, -0.2) is 34.2 Å². The highest BCUT2D eigenvalue weighted by molar-refractivity contribution is 7.10. The molecule has 0 radical (unpaired) electrons. The highest BCUT2D eigenvalue weighted by Crippen LogP contribution is 2.34. The summed E-state index contributed by atoms with van der Waals surface area (Å²) in [5, 5.41) is 16.1. The molecule has 0 bridgehead atoms. The van der Waals surface area contributed by atoms with Gasteiger partial charge in [0.1, 0.15) is 6.54 Å². The van der Waals surface area contributed by atoms with E-state index in [1.165, 1.54) is 4.88 Å². The van der Waals surface area contributed by atoms with Crippen LogP contribution in [0.15, 0.2) is 16.5 Å². The van der Waals surface area contributed by atoms with E-state index in [0.29, 0.717) is 6.42 Å². The Hall–Kier alpha value is -1.69. The van der Waals surface area contributed by atoms with Gasteiger partial charge in [-0.25, -0.2) is 5.01 Å². The summed E-state index contributed by atoms with van der Waals surface area (Å²) < 4.78 is 0. The molecule has 0 saturated carbocycles. The maximum absolute atomic E-state index is 11.8. The number of fused-ring (bicyclic) bond motifs is 3. The van der Waals surface area contributed by atoms with Gasteiger partial charge in [-0.1, -0.05) is 0 Å². The van der Waals surface area contributed by atoms with Crippen LogP contribution in [-0.2, 0) is 16.0 Å². The van der Waals surface area contributed by atoms with E-state index >= 15 is 0 Å². The van der Waals surface area contributed by atoms with Gasteiger partial charge < -0.3 is 5.11 Å². The molecule has 5 nitrogen and oxygen atoms in total. The van der Waals surface area contributed by atoms with Crippen molar-refractivity contribution in [2.24, 2.45) is 11.0 Å². The number of hydrazone groups is 1. The first kappa shape index (κ1) is 11.4. The monoisotopic (exact) mass is 264 g/mol. The molecule has 1 amide bonds. The number of aryl methyl sites for hydroxylation is 1. The summed E-state index contributed by atoms with van der Waals surface area (Å²) in [6.45, 7) is -0.353. The third-order valence-corrected chi connectivity index (χ3v) is 4.33. The van der Waals surface area contributed by atoms with Gasteiger partial charge in [-0.15, -0.1) is 11.3 Å². The molecule has 1 aliphatic carbocycles. The molecule has 0 aromatic carbocycles. The van der Waals surface area contributed by atoms with Crippen molar-refractivity contribution in [1.29, 1.82) is 0 Å². The lowest BCUT2D eigenvalue weighted by atomic mass is 9.83. The van der Waals surface area contributed by atoms with Crippen LogP contribution >= 0.6 is 11.3 Å². The first-order valence-corrected chi connectivity index (χ1v) is 6.70. The van der Waals surface area contributed by atoms with Gasteiger partial charge in [0.25, 0.3) is 0 Å². The predicted octanol–water partition coefficient (Wildman–Crippen LogP) is 1.33. The standard InChI is InChI=1S/C12H12N2O3S/c15-10-5-7-1-2-9-8(3-4-18-9)12(7)13-14(10)6-11(16)17/h3-4,7H,1-2,5-6H2,(H,16,17). The van der Waals surface area contributed by atoms with Crippen molar-refractivity contribution >= 4 is 28.9 Å². The first-order valence-electron chi connectivity index (χ1n) is 5.82. The van der Waals surface area contributed by atoms with E-state index in [1.54, 1.807) is 11.3 Å². The average Bonchev–Trinajstić information content (AvgIpc) is 2.78. The molecule has 6 heteroatoms. The number of nitrogens with zero attached hydrogens (tertiary/aromatic N) is 2. The maximum Gasteiger partial charge on any atom is 0.325 e. The number of carbonyl (C=O) groups is 2. The van der Waals surface area contributed by atoms with Gasteiger partial charge in [-0.05, 0) is 24.3 Å². The van der Waals surface area contributed by atoms with Gasteiger partial charge in [0.05, 0.1) is 5.71 Å². The molecular formula is C12H12N2O3S. The Kier molecular flexibility index (Phi) is 2.66. The Labute approximate surface area is 108 Å². The van der Waals surface area contributed by atoms with Crippen LogP contribution in [0.5, 0.6) is 0 Å². The topological polar surface area (TPSA) is 70.0 Å². The molecule has 1 N–H and O–H groups in total. The SMILES string of the molecule is O=C(O)CN1N=C2c3ccsc3CCC2CC1=O. The van der Waals surface area contributed by atoms with Crippen molar-refractivity contribution in [2.45, 2.75) is 19.3 Å². The Bertz CT molecular complexity index is 549. The minimum absolute atomic E-state index is 0.157. The summed E-state index contributed by atoms with van der Waals surface area (Å²) in [5.74, 6) is -1.07. The summed E-state index contributed by atoms with van der Waals surface area (Å²) in [4.78, 5) is 23.8. The van der Waals surface area contributed by atoms with Crippen molar-refractivity contribution in [3.8, 4) is 0 Å². The summed E-state index contributed by atoms with van der Waals surface area (Å²) in [6.07, 6.45) is 2.29. The van der Waals surface area contributed by atoms with Crippen molar-refractivity contribution < 1.29 is 14.7 Å². The van der Waals surface area contributed by atoms with E-state index in [9.17, 15) is 9.59 Å². The van der Waals surface area contributed by atoms with Crippen LogP contribution in [0.4, 0.5) is 0 Å². The molecule has 0 saturated heterocycles. The molecule has 1 unspecified atom stereocenters. The largest absolute Gasteiger partial charge is 0.480 e. The number of hydrogen-bond donors (Lipinski definition) is 1. The molecule has 2 heterocycles. The van der Waals surface area contributed by atoms with Gasteiger partial charge in [0.15, 0.2) is 0 Å². The third kappa shape index (κ3) is 1.82. The van der Waals surface area contributed by atoms with Crippen molar-refractivity contribution in [3.63, 3.8) is 0 Å². The average molecular weight is 264 g/mol. The molecular weight excluding hydrogens is 252 g/mol. The zero-order valence-electron chi connectivity index (χ0n) is 9.63. The highest BCUT2D eigenvalue weighted by Gasteiger charge is 2.34. The number of thiophene rings is 1. The molecule has 94 valence electrons. The zero-order chi connectivity index (χ0) is 12.7. The third-order valence-electron chi connectivity index (χ3n) is 3.35. The fraction of sp³-hybridized carbons (Fsp3) is 0.417. The van der Waals surface area contributed by atoms with E-state index in [4.69, 9.17) is 5.11 Å². The van der Waals surface area contributed by atoms with E-state index in [2.05, 4.69) is 5.10 Å². The number of rotatable bonds is 2. The highest BCUT2D eigenvalue weighted by atomic mass is 32.1. The van der Waals surface area contributed by atoms with Crippen molar-refractivity contribution in [2.75, 3.05) is 6.54 Å². The van der Waals surface area contributed by atoms with Crippen LogP contribution in [0.2, 0.25) is 0 Å². The van der Waals surface area contributed by atoms with Crippen LogP contribution in [0.3, 0.4) is 0 Å². The van der Waals surface area contributed by atoms with Crippen LogP contribution < -0.4 is 0 Å². The summed E-state index contributed by atoms with van der Waals surface area (Å²) in [7, 11) is 0. The van der Waals surface area contributed by atoms with Crippen LogP contribution in [0, 0.1) is 5.92 Å². The lowest BCUT2D eigenvalue weighted by molar-refractivity contribution is -0.145. The Morgan fingerprint density at radius 3 is 3.22 bits per heavy atom. The smallest absolute Gasteiger partial charge is 0.325 e. The zero-order valence-corrected chi connectivity index (χ0v) is 10.4. The van der Waals surface area contributed by atoms with Crippen molar-refractivity contribution in [1.82, 2.24) is 5.01 Å². The van der Waals surface area contributed by atoms with Gasteiger partial charge in [-0.2, -0.15) is 5.10 Å². The molecule has 0 fully saturated rings. The summed E-state index contributed by atoms with van der Waals surface area (Å²) in [5.41, 5.74) is 1.98.